The molecule has 1 heterocycles. The molecule has 1 aromatic heterocycles. The second kappa shape index (κ2) is 7.25. The molecule has 0 saturated carbocycles. The number of rotatable bonds is 6. The van der Waals surface area contributed by atoms with Crippen molar-refractivity contribution in [3.05, 3.63) is 50.9 Å². The second-order valence-electron chi connectivity index (χ2n) is 4.48. The van der Waals surface area contributed by atoms with Crippen LogP contribution >= 0.6 is 34.5 Å². The molecule has 0 aliphatic carbocycles. The van der Waals surface area contributed by atoms with Crippen molar-refractivity contribution in [1.82, 2.24) is 9.88 Å². The van der Waals surface area contributed by atoms with E-state index in [1.54, 1.807) is 11.3 Å². The predicted octanol–water partition coefficient (Wildman–Crippen LogP) is 4.21. The lowest BCUT2D eigenvalue weighted by molar-refractivity contribution is 0.331. The summed E-state index contributed by atoms with van der Waals surface area (Å²) in [7, 11) is 2.11. The maximum Gasteiger partial charge on any atom is 0.0941 e. The monoisotopic (exact) mass is 314 g/mol. The fourth-order valence-corrected chi connectivity index (χ4v) is 3.07. The Bertz CT molecular complexity index is 528. The maximum absolute atomic E-state index is 5.98. The quantitative estimate of drug-likeness (QED) is 0.742. The van der Waals surface area contributed by atoms with E-state index < -0.39 is 0 Å². The number of thiazole rings is 1. The molecule has 0 aliphatic rings. The molecule has 0 aliphatic heterocycles. The van der Waals surface area contributed by atoms with E-state index in [0.717, 1.165) is 35.2 Å². The molecule has 2 rings (SSSR count). The van der Waals surface area contributed by atoms with Crippen LogP contribution in [0.5, 0.6) is 0 Å². The second-order valence-corrected chi connectivity index (χ2v) is 6.13. The Kier molecular flexibility index (Phi) is 5.64. The first-order valence-corrected chi connectivity index (χ1v) is 7.89. The summed E-state index contributed by atoms with van der Waals surface area (Å²) in [6.07, 6.45) is 0.957. The summed E-state index contributed by atoms with van der Waals surface area (Å²) in [5, 5.41) is 3.96. The molecule has 19 heavy (non-hydrogen) atoms. The highest BCUT2D eigenvalue weighted by Gasteiger charge is 2.05. The Morgan fingerprint density at radius 2 is 2.21 bits per heavy atom. The molecule has 0 atom stereocenters. The van der Waals surface area contributed by atoms with Gasteiger partial charge in [-0.3, -0.25) is 0 Å². The number of nitrogens with zero attached hydrogens (tertiary/aromatic N) is 2. The first kappa shape index (κ1) is 14.8. The van der Waals surface area contributed by atoms with E-state index in [0.29, 0.717) is 5.88 Å². The first-order chi connectivity index (χ1) is 9.17. The van der Waals surface area contributed by atoms with Crippen LogP contribution in [0.3, 0.4) is 0 Å². The summed E-state index contributed by atoms with van der Waals surface area (Å²) in [4.78, 5) is 6.73. The van der Waals surface area contributed by atoms with Gasteiger partial charge in [0, 0.05) is 29.9 Å². The van der Waals surface area contributed by atoms with Crippen molar-refractivity contribution in [2.24, 2.45) is 0 Å². The summed E-state index contributed by atoms with van der Waals surface area (Å²) in [5.74, 6) is 0.495. The summed E-state index contributed by atoms with van der Waals surface area (Å²) in [6, 6.07) is 7.98. The first-order valence-electron chi connectivity index (χ1n) is 6.09. The lowest BCUT2D eigenvalue weighted by Crippen LogP contribution is -2.20. The third-order valence-corrected chi connectivity index (χ3v) is 4.25. The lowest BCUT2D eigenvalue weighted by Gasteiger charge is -2.15. The van der Waals surface area contributed by atoms with E-state index in [9.17, 15) is 0 Å². The van der Waals surface area contributed by atoms with Crippen LogP contribution in [0, 0.1) is 0 Å². The minimum atomic E-state index is 0.495. The van der Waals surface area contributed by atoms with Crippen molar-refractivity contribution < 1.29 is 0 Å². The molecule has 0 spiro atoms. The number of likely N-dealkylation sites (N-methyl/N-ethyl adjacent to an activating group) is 1. The van der Waals surface area contributed by atoms with Gasteiger partial charge in [-0.05, 0) is 24.7 Å². The van der Waals surface area contributed by atoms with Crippen molar-refractivity contribution in [2.45, 2.75) is 18.8 Å². The summed E-state index contributed by atoms with van der Waals surface area (Å²) >= 11 is 13.4. The minimum Gasteiger partial charge on any atom is -0.302 e. The number of benzene rings is 1. The topological polar surface area (TPSA) is 16.1 Å². The highest BCUT2D eigenvalue weighted by Crippen LogP contribution is 2.14. The van der Waals surface area contributed by atoms with Crippen molar-refractivity contribution in [3.63, 3.8) is 0 Å². The number of hydrogen-bond acceptors (Lipinski definition) is 3. The van der Waals surface area contributed by atoms with Crippen LogP contribution in [0.2, 0.25) is 5.02 Å². The number of alkyl halides is 1. The maximum atomic E-state index is 5.98. The van der Waals surface area contributed by atoms with E-state index in [1.165, 1.54) is 5.56 Å². The highest BCUT2D eigenvalue weighted by molar-refractivity contribution is 7.09. The van der Waals surface area contributed by atoms with Crippen LogP contribution < -0.4 is 0 Å². The molecular weight excluding hydrogens is 299 g/mol. The fourth-order valence-electron chi connectivity index (χ4n) is 1.84. The van der Waals surface area contributed by atoms with Gasteiger partial charge in [0.15, 0.2) is 0 Å². The van der Waals surface area contributed by atoms with Crippen molar-refractivity contribution >= 4 is 34.5 Å². The molecule has 5 heteroatoms. The SMILES string of the molecule is CN(CCc1nc(CCl)cs1)Cc1cccc(Cl)c1. The number of aromatic nitrogens is 1. The highest BCUT2D eigenvalue weighted by atomic mass is 35.5. The zero-order valence-corrected chi connectivity index (χ0v) is 13.1. The summed E-state index contributed by atoms with van der Waals surface area (Å²) in [6.45, 7) is 1.87. The van der Waals surface area contributed by atoms with Crippen LogP contribution in [-0.2, 0) is 18.8 Å². The van der Waals surface area contributed by atoms with Gasteiger partial charge >= 0.3 is 0 Å². The molecule has 2 nitrogen and oxygen atoms in total. The molecule has 0 radical (unpaired) electrons. The zero-order valence-electron chi connectivity index (χ0n) is 10.8. The van der Waals surface area contributed by atoms with Crippen molar-refractivity contribution in [3.8, 4) is 0 Å². The normalized spacial score (nSPS) is 11.2. The molecule has 0 bridgehead atoms. The molecule has 0 fully saturated rings. The molecule has 102 valence electrons. The van der Waals surface area contributed by atoms with Gasteiger partial charge in [0.05, 0.1) is 16.6 Å². The van der Waals surface area contributed by atoms with Gasteiger partial charge in [0.25, 0.3) is 0 Å². The van der Waals surface area contributed by atoms with E-state index in [-0.39, 0.29) is 0 Å². The Morgan fingerprint density at radius 3 is 2.89 bits per heavy atom. The van der Waals surface area contributed by atoms with Crippen LogP contribution in [-0.4, -0.2) is 23.5 Å². The van der Waals surface area contributed by atoms with E-state index in [4.69, 9.17) is 23.2 Å². The van der Waals surface area contributed by atoms with Crippen LogP contribution in [0.15, 0.2) is 29.6 Å². The van der Waals surface area contributed by atoms with E-state index in [1.807, 2.05) is 23.6 Å². The zero-order chi connectivity index (χ0) is 13.7. The predicted molar refractivity (Wildman–Crippen MR) is 83.2 cm³/mol. The largest absolute Gasteiger partial charge is 0.302 e. The molecule has 0 amide bonds. The molecule has 0 N–H and O–H groups in total. The van der Waals surface area contributed by atoms with Gasteiger partial charge in [-0.2, -0.15) is 0 Å². The Labute approximate surface area is 128 Å². The average Bonchev–Trinajstić information content (AvgIpc) is 2.84. The number of halogens is 2. The van der Waals surface area contributed by atoms with Crippen molar-refractivity contribution in [2.75, 3.05) is 13.6 Å². The van der Waals surface area contributed by atoms with Gasteiger partial charge in [-0.25, -0.2) is 4.98 Å². The Balaban J connectivity index is 1.82. The summed E-state index contributed by atoms with van der Waals surface area (Å²) < 4.78 is 0. The van der Waals surface area contributed by atoms with E-state index >= 15 is 0 Å². The minimum absolute atomic E-state index is 0.495. The van der Waals surface area contributed by atoms with Crippen molar-refractivity contribution in [1.29, 1.82) is 0 Å². The van der Waals surface area contributed by atoms with Gasteiger partial charge in [0.1, 0.15) is 0 Å². The van der Waals surface area contributed by atoms with Crippen LogP contribution in [0.25, 0.3) is 0 Å². The van der Waals surface area contributed by atoms with Gasteiger partial charge in [-0.1, -0.05) is 23.7 Å². The molecule has 1 aromatic carbocycles. The third kappa shape index (κ3) is 4.77. The smallest absolute Gasteiger partial charge is 0.0941 e. The van der Waals surface area contributed by atoms with Crippen LogP contribution in [0.4, 0.5) is 0 Å². The van der Waals surface area contributed by atoms with Gasteiger partial charge in [0.2, 0.25) is 0 Å². The summed E-state index contributed by atoms with van der Waals surface area (Å²) in [5.41, 5.74) is 2.20. The van der Waals surface area contributed by atoms with Gasteiger partial charge in [-0.15, -0.1) is 22.9 Å². The van der Waals surface area contributed by atoms with E-state index in [2.05, 4.69) is 23.0 Å². The lowest BCUT2D eigenvalue weighted by atomic mass is 10.2. The third-order valence-electron chi connectivity index (χ3n) is 2.79. The van der Waals surface area contributed by atoms with Crippen LogP contribution in [0.1, 0.15) is 16.3 Å². The average molecular weight is 315 g/mol. The molecular formula is C14H16Cl2N2S. The number of hydrogen-bond donors (Lipinski definition) is 0. The fraction of sp³-hybridized carbons (Fsp3) is 0.357. The van der Waals surface area contributed by atoms with Gasteiger partial charge < -0.3 is 4.90 Å². The Morgan fingerprint density at radius 1 is 1.37 bits per heavy atom. The standard InChI is InChI=1S/C14H16Cl2N2S/c1-18(9-11-3-2-4-12(16)7-11)6-5-14-17-13(8-15)10-19-14/h2-4,7,10H,5-6,8-9H2,1H3. The molecule has 2 aromatic rings. The molecule has 0 saturated heterocycles. The Hall–Kier alpha value is -0.610. The molecule has 0 unspecified atom stereocenters.